The molecule has 0 saturated heterocycles. The first-order chi connectivity index (χ1) is 15.3. The minimum atomic E-state index is -4.05. The second-order valence-electron chi connectivity index (χ2n) is 7.40. The highest BCUT2D eigenvalue weighted by Crippen LogP contribution is 2.28. The van der Waals surface area contributed by atoms with E-state index in [1.165, 1.54) is 24.6 Å². The number of fused-ring (bicyclic) bond motifs is 1. The molecule has 8 nitrogen and oxygen atoms in total. The number of nitrogens with one attached hydrogen (secondary N) is 2. The average molecular weight is 494 g/mol. The molecule has 32 heavy (non-hydrogen) atoms. The van der Waals surface area contributed by atoms with Gasteiger partial charge in [0.25, 0.3) is 0 Å². The van der Waals surface area contributed by atoms with Crippen LogP contribution in [0.4, 0.5) is 5.69 Å². The van der Waals surface area contributed by atoms with Crippen LogP contribution in [0.1, 0.15) is 25.1 Å². The van der Waals surface area contributed by atoms with Gasteiger partial charge in [-0.3, -0.25) is 4.79 Å². The van der Waals surface area contributed by atoms with Crippen molar-refractivity contribution in [1.29, 1.82) is 0 Å². The van der Waals surface area contributed by atoms with E-state index in [1.807, 2.05) is 12.1 Å². The SMILES string of the molecule is O=C(CNS(=O)(=O)c1c(Cl)cccc1Cl)Nc1ccc(-c2nnc3n2CCCCC3)cc1. The quantitative estimate of drug-likeness (QED) is 0.541. The van der Waals surface area contributed by atoms with Gasteiger partial charge >= 0.3 is 0 Å². The van der Waals surface area contributed by atoms with Crippen molar-refractivity contribution in [2.75, 3.05) is 11.9 Å². The fourth-order valence-electron chi connectivity index (χ4n) is 3.58. The van der Waals surface area contributed by atoms with E-state index < -0.39 is 22.5 Å². The minimum Gasteiger partial charge on any atom is -0.325 e. The molecule has 168 valence electrons. The number of aromatic nitrogens is 3. The summed E-state index contributed by atoms with van der Waals surface area (Å²) >= 11 is 11.9. The maximum atomic E-state index is 12.5. The van der Waals surface area contributed by atoms with Gasteiger partial charge in [-0.05, 0) is 49.2 Å². The van der Waals surface area contributed by atoms with Crippen LogP contribution in [0.15, 0.2) is 47.4 Å². The van der Waals surface area contributed by atoms with E-state index in [9.17, 15) is 13.2 Å². The summed E-state index contributed by atoms with van der Waals surface area (Å²) in [6, 6.07) is 11.6. The number of aryl methyl sites for hydroxylation is 1. The number of anilines is 1. The summed E-state index contributed by atoms with van der Waals surface area (Å²) in [7, 11) is -4.05. The van der Waals surface area contributed by atoms with Crippen LogP contribution in [0, 0.1) is 0 Å². The number of carbonyl (C=O) groups is 1. The summed E-state index contributed by atoms with van der Waals surface area (Å²) in [5, 5.41) is 11.3. The van der Waals surface area contributed by atoms with Crippen molar-refractivity contribution in [3.8, 4) is 11.4 Å². The molecule has 1 aliphatic rings. The molecule has 3 aromatic rings. The van der Waals surface area contributed by atoms with Crippen molar-refractivity contribution in [3.05, 3.63) is 58.3 Å². The first kappa shape index (κ1) is 22.7. The Labute approximate surface area is 196 Å². The molecule has 2 N–H and O–H groups in total. The molecular weight excluding hydrogens is 473 g/mol. The zero-order valence-corrected chi connectivity index (χ0v) is 19.3. The normalized spacial score (nSPS) is 13.9. The fourth-order valence-corrected chi connectivity index (χ4v) is 5.70. The summed E-state index contributed by atoms with van der Waals surface area (Å²) in [4.78, 5) is 12.0. The predicted molar refractivity (Wildman–Crippen MR) is 123 cm³/mol. The molecule has 0 atom stereocenters. The van der Waals surface area contributed by atoms with Crippen molar-refractivity contribution < 1.29 is 13.2 Å². The molecule has 0 aliphatic carbocycles. The van der Waals surface area contributed by atoms with Crippen molar-refractivity contribution in [2.24, 2.45) is 0 Å². The molecule has 0 bridgehead atoms. The Balaban J connectivity index is 1.40. The maximum Gasteiger partial charge on any atom is 0.244 e. The van der Waals surface area contributed by atoms with Crippen LogP contribution in [0.3, 0.4) is 0 Å². The van der Waals surface area contributed by atoms with Gasteiger partial charge in [0.1, 0.15) is 10.7 Å². The van der Waals surface area contributed by atoms with E-state index in [-0.39, 0.29) is 14.9 Å². The molecule has 1 aromatic heterocycles. The summed E-state index contributed by atoms with van der Waals surface area (Å²) in [5.41, 5.74) is 1.43. The van der Waals surface area contributed by atoms with Gasteiger partial charge in [-0.2, -0.15) is 0 Å². The summed E-state index contributed by atoms with van der Waals surface area (Å²) < 4.78 is 29.3. The number of halogens is 2. The van der Waals surface area contributed by atoms with Gasteiger partial charge < -0.3 is 9.88 Å². The Hall–Kier alpha value is -2.46. The highest BCUT2D eigenvalue weighted by molar-refractivity contribution is 7.89. The van der Waals surface area contributed by atoms with E-state index in [0.29, 0.717) is 5.69 Å². The predicted octanol–water partition coefficient (Wildman–Crippen LogP) is 3.90. The Morgan fingerprint density at radius 2 is 1.72 bits per heavy atom. The first-order valence-electron chi connectivity index (χ1n) is 10.1. The first-order valence-corrected chi connectivity index (χ1v) is 12.3. The van der Waals surface area contributed by atoms with Crippen LogP contribution in [0.2, 0.25) is 10.0 Å². The Morgan fingerprint density at radius 3 is 2.44 bits per heavy atom. The molecule has 0 unspecified atom stereocenters. The lowest BCUT2D eigenvalue weighted by Crippen LogP contribution is -2.33. The third kappa shape index (κ3) is 4.96. The minimum absolute atomic E-state index is 0.0210. The van der Waals surface area contributed by atoms with Crippen molar-refractivity contribution in [2.45, 2.75) is 37.1 Å². The van der Waals surface area contributed by atoms with Gasteiger partial charge in [-0.25, -0.2) is 13.1 Å². The number of benzene rings is 2. The topological polar surface area (TPSA) is 106 Å². The average Bonchev–Trinajstić information content (AvgIpc) is 3.01. The molecule has 0 fully saturated rings. The summed E-state index contributed by atoms with van der Waals surface area (Å²) in [5.74, 6) is 1.28. The molecule has 2 aromatic carbocycles. The molecule has 1 aliphatic heterocycles. The zero-order valence-electron chi connectivity index (χ0n) is 17.0. The number of hydrogen-bond acceptors (Lipinski definition) is 5. The van der Waals surface area contributed by atoms with Crippen LogP contribution < -0.4 is 10.0 Å². The van der Waals surface area contributed by atoms with Gasteiger partial charge in [0, 0.05) is 24.2 Å². The number of hydrogen-bond donors (Lipinski definition) is 2. The van der Waals surface area contributed by atoms with Crippen LogP contribution in [0.5, 0.6) is 0 Å². The standard InChI is InChI=1S/C21H21Cl2N5O3S/c22-16-5-4-6-17(23)20(16)32(30,31)24-13-19(29)25-15-10-8-14(9-11-15)21-27-26-18-7-2-1-3-12-28(18)21/h4-6,8-11,24H,1-3,7,12-13H2,(H,25,29). The Bertz CT molecular complexity index is 1220. The molecule has 2 heterocycles. The van der Waals surface area contributed by atoms with Gasteiger partial charge in [0.15, 0.2) is 5.82 Å². The highest BCUT2D eigenvalue weighted by Gasteiger charge is 2.22. The number of sulfonamides is 1. The van der Waals surface area contributed by atoms with Gasteiger partial charge in [-0.15, -0.1) is 10.2 Å². The van der Waals surface area contributed by atoms with Crippen molar-refractivity contribution in [1.82, 2.24) is 19.5 Å². The third-order valence-corrected chi connectivity index (χ3v) is 7.50. The largest absolute Gasteiger partial charge is 0.325 e. The lowest BCUT2D eigenvalue weighted by atomic mass is 10.2. The molecule has 0 saturated carbocycles. The van der Waals surface area contributed by atoms with Gasteiger partial charge in [0.2, 0.25) is 15.9 Å². The zero-order chi connectivity index (χ0) is 22.7. The van der Waals surface area contributed by atoms with E-state index in [0.717, 1.165) is 43.0 Å². The van der Waals surface area contributed by atoms with E-state index in [1.54, 1.807) is 12.1 Å². The van der Waals surface area contributed by atoms with Crippen LogP contribution in [-0.4, -0.2) is 35.6 Å². The molecule has 1 amide bonds. The second-order valence-corrected chi connectivity index (χ2v) is 9.92. The van der Waals surface area contributed by atoms with Crippen LogP contribution in [-0.2, 0) is 27.8 Å². The highest BCUT2D eigenvalue weighted by atomic mass is 35.5. The molecular formula is C21H21Cl2N5O3S. The number of rotatable bonds is 6. The number of nitrogens with zero attached hydrogens (tertiary/aromatic N) is 3. The van der Waals surface area contributed by atoms with E-state index in [4.69, 9.17) is 23.2 Å². The summed E-state index contributed by atoms with van der Waals surface area (Å²) in [6.07, 6.45) is 4.33. The van der Waals surface area contributed by atoms with Crippen LogP contribution in [0.25, 0.3) is 11.4 Å². The molecule has 4 rings (SSSR count). The molecule has 0 spiro atoms. The lowest BCUT2D eigenvalue weighted by molar-refractivity contribution is -0.115. The monoisotopic (exact) mass is 493 g/mol. The smallest absolute Gasteiger partial charge is 0.244 e. The number of carbonyl (C=O) groups excluding carboxylic acids is 1. The van der Waals surface area contributed by atoms with E-state index >= 15 is 0 Å². The lowest BCUT2D eigenvalue weighted by Gasteiger charge is -2.11. The Kier molecular flexibility index (Phi) is 6.80. The number of amides is 1. The molecule has 0 radical (unpaired) electrons. The Morgan fingerprint density at radius 1 is 1.00 bits per heavy atom. The van der Waals surface area contributed by atoms with Crippen LogP contribution >= 0.6 is 23.2 Å². The third-order valence-electron chi connectivity index (χ3n) is 5.15. The maximum absolute atomic E-state index is 12.5. The van der Waals surface area contributed by atoms with Crippen molar-refractivity contribution in [3.63, 3.8) is 0 Å². The second kappa shape index (κ2) is 9.58. The van der Waals surface area contributed by atoms with Gasteiger partial charge in [0.05, 0.1) is 16.6 Å². The fraction of sp³-hybridized carbons (Fsp3) is 0.286. The van der Waals surface area contributed by atoms with E-state index in [2.05, 4.69) is 24.8 Å². The molecule has 11 heteroatoms. The van der Waals surface area contributed by atoms with Gasteiger partial charge in [-0.1, -0.05) is 35.7 Å². The van der Waals surface area contributed by atoms with Crippen molar-refractivity contribution >= 4 is 44.8 Å². The summed E-state index contributed by atoms with van der Waals surface area (Å²) in [6.45, 7) is 0.426.